The number of likely N-dealkylation sites (tertiary alicyclic amines) is 1. The van der Waals surface area contributed by atoms with E-state index in [1.165, 1.54) is 13.0 Å². The molecule has 2 aromatic heterocycles. The zero-order valence-corrected chi connectivity index (χ0v) is 23.5. The monoisotopic (exact) mass is 572 g/mol. The van der Waals surface area contributed by atoms with Gasteiger partial charge in [0.2, 0.25) is 5.88 Å². The molecule has 0 unspecified atom stereocenters. The van der Waals surface area contributed by atoms with Crippen LogP contribution in [0.15, 0.2) is 54.6 Å². The lowest BCUT2D eigenvalue weighted by atomic mass is 9.93. The molecule has 0 amide bonds. The molecule has 2 fully saturated rings. The Bertz CT molecular complexity index is 1620. The molecule has 218 valence electrons. The highest BCUT2D eigenvalue weighted by atomic mass is 19.1. The number of halogens is 1. The van der Waals surface area contributed by atoms with Gasteiger partial charge in [0.1, 0.15) is 18.2 Å². The quantitative estimate of drug-likeness (QED) is 0.258. The molecule has 2 aliphatic heterocycles. The van der Waals surface area contributed by atoms with E-state index in [0.29, 0.717) is 24.5 Å². The van der Waals surface area contributed by atoms with Crippen molar-refractivity contribution in [3.63, 3.8) is 0 Å². The van der Waals surface area contributed by atoms with Crippen LogP contribution in [0.3, 0.4) is 0 Å². The summed E-state index contributed by atoms with van der Waals surface area (Å²) in [6, 6.07) is 15.5. The molecule has 42 heavy (non-hydrogen) atoms. The van der Waals surface area contributed by atoms with Crippen LogP contribution in [-0.2, 0) is 24.4 Å². The molecule has 2 aliphatic rings. The van der Waals surface area contributed by atoms with E-state index in [2.05, 4.69) is 9.47 Å². The van der Waals surface area contributed by atoms with Crippen molar-refractivity contribution in [3.8, 4) is 5.88 Å². The number of ketones is 1. The number of piperidine rings is 1. The second-order valence-corrected chi connectivity index (χ2v) is 11.0. The van der Waals surface area contributed by atoms with Gasteiger partial charge < -0.3 is 19.1 Å². The third-order valence-electron chi connectivity index (χ3n) is 8.20. The lowest BCUT2D eigenvalue weighted by Gasteiger charge is -2.32. The van der Waals surface area contributed by atoms with Crippen LogP contribution in [0, 0.1) is 5.82 Å². The molecular formula is C32H33FN4O5. The summed E-state index contributed by atoms with van der Waals surface area (Å²) >= 11 is 0. The van der Waals surface area contributed by atoms with Gasteiger partial charge in [0.05, 0.1) is 41.4 Å². The summed E-state index contributed by atoms with van der Waals surface area (Å²) in [5.41, 5.74) is 3.18. The van der Waals surface area contributed by atoms with Crippen molar-refractivity contribution in [1.29, 1.82) is 0 Å². The van der Waals surface area contributed by atoms with Crippen molar-refractivity contribution in [3.05, 3.63) is 88.6 Å². The number of imidazole rings is 1. The maximum Gasteiger partial charge on any atom is 0.335 e. The van der Waals surface area contributed by atoms with Crippen molar-refractivity contribution < 1.29 is 28.6 Å². The van der Waals surface area contributed by atoms with Crippen molar-refractivity contribution in [1.82, 2.24) is 19.4 Å². The zero-order valence-electron chi connectivity index (χ0n) is 23.5. The van der Waals surface area contributed by atoms with Crippen LogP contribution < -0.4 is 4.74 Å². The molecule has 10 heteroatoms. The maximum absolute atomic E-state index is 14.6. The molecule has 2 aromatic carbocycles. The molecule has 0 saturated carbocycles. The Kier molecular flexibility index (Phi) is 7.99. The van der Waals surface area contributed by atoms with Gasteiger partial charge in [0, 0.05) is 29.8 Å². The molecule has 0 spiro atoms. The number of pyridine rings is 1. The molecule has 2 saturated heterocycles. The number of carbonyl (C=O) groups is 2. The van der Waals surface area contributed by atoms with Crippen LogP contribution in [0.25, 0.3) is 11.0 Å². The number of hydrogen-bond acceptors (Lipinski definition) is 7. The Hall–Kier alpha value is -4.15. The molecule has 4 aromatic rings. The first-order valence-corrected chi connectivity index (χ1v) is 14.3. The Morgan fingerprint density at radius 1 is 1.07 bits per heavy atom. The number of carboxylic acids is 1. The minimum Gasteiger partial charge on any atom is -0.478 e. The van der Waals surface area contributed by atoms with Gasteiger partial charge in [-0.1, -0.05) is 18.2 Å². The summed E-state index contributed by atoms with van der Waals surface area (Å²) < 4.78 is 28.3. The van der Waals surface area contributed by atoms with Gasteiger partial charge >= 0.3 is 5.97 Å². The van der Waals surface area contributed by atoms with E-state index in [1.54, 1.807) is 36.4 Å². The molecule has 1 N–H and O–H groups in total. The van der Waals surface area contributed by atoms with Crippen molar-refractivity contribution in [2.45, 2.75) is 57.9 Å². The third-order valence-corrected chi connectivity index (χ3v) is 8.20. The fraction of sp³-hybridized carbons (Fsp3) is 0.375. The first-order chi connectivity index (χ1) is 20.4. The van der Waals surface area contributed by atoms with Gasteiger partial charge in [-0.25, -0.2) is 19.2 Å². The number of benzene rings is 2. The number of aromatic nitrogens is 3. The highest BCUT2D eigenvalue weighted by Gasteiger charge is 2.26. The normalized spacial score (nSPS) is 17.7. The summed E-state index contributed by atoms with van der Waals surface area (Å²) in [6.07, 6.45) is 2.94. The maximum atomic E-state index is 14.6. The molecule has 1 atom stereocenters. The SMILES string of the molecule is CC(=O)c1cccc(COc2cccc(C3CCN(Cc4nc5ccc(C(=O)O)cc5n4C[C@@H]4CCO4)CC3)n2)c1F. The third kappa shape index (κ3) is 5.91. The summed E-state index contributed by atoms with van der Waals surface area (Å²) in [6.45, 7) is 5.14. The van der Waals surface area contributed by atoms with Gasteiger partial charge in [0.25, 0.3) is 0 Å². The van der Waals surface area contributed by atoms with E-state index in [4.69, 9.17) is 19.4 Å². The topological polar surface area (TPSA) is 107 Å². The fourth-order valence-corrected chi connectivity index (χ4v) is 5.70. The minimum absolute atomic E-state index is 0.0112. The van der Waals surface area contributed by atoms with E-state index < -0.39 is 11.8 Å². The average molecular weight is 573 g/mol. The Morgan fingerprint density at radius 3 is 2.57 bits per heavy atom. The number of fused-ring (bicyclic) bond motifs is 1. The van der Waals surface area contributed by atoms with Gasteiger partial charge in [-0.2, -0.15) is 0 Å². The molecule has 0 radical (unpaired) electrons. The van der Waals surface area contributed by atoms with Crippen molar-refractivity contribution >= 4 is 22.8 Å². The summed E-state index contributed by atoms with van der Waals surface area (Å²) in [5.74, 6) is -0.220. The highest BCUT2D eigenvalue weighted by molar-refractivity contribution is 5.94. The largest absolute Gasteiger partial charge is 0.478 e. The number of hydrogen-bond donors (Lipinski definition) is 1. The fourth-order valence-electron chi connectivity index (χ4n) is 5.70. The molecule has 0 bridgehead atoms. The smallest absolute Gasteiger partial charge is 0.335 e. The number of carboxylic acid groups (broad SMARTS) is 1. The van der Waals surface area contributed by atoms with Crippen LogP contribution >= 0.6 is 0 Å². The number of rotatable bonds is 10. The average Bonchev–Trinajstić information content (AvgIpc) is 3.30. The standard InChI is InChI=1S/C32H33FN4O5/c1-20(38)25-5-2-4-23(31(25)33)19-42-30-7-3-6-26(35-30)21-10-13-36(14-11-21)18-29-34-27-9-8-22(32(39)40)16-28(27)37(29)17-24-12-15-41-24/h2-9,16,21,24H,10-15,17-19H2,1H3,(H,39,40)/t24-/m0/s1. The Morgan fingerprint density at radius 2 is 1.86 bits per heavy atom. The number of aromatic carboxylic acids is 1. The van der Waals surface area contributed by atoms with E-state index in [-0.39, 0.29) is 35.5 Å². The van der Waals surface area contributed by atoms with Gasteiger partial charge in [0.15, 0.2) is 5.78 Å². The van der Waals surface area contributed by atoms with Crippen LogP contribution in [0.1, 0.15) is 69.9 Å². The first-order valence-electron chi connectivity index (χ1n) is 14.3. The van der Waals surface area contributed by atoms with Crippen LogP contribution in [0.5, 0.6) is 5.88 Å². The van der Waals surface area contributed by atoms with Crippen LogP contribution in [0.4, 0.5) is 4.39 Å². The second kappa shape index (κ2) is 12.0. The Labute approximate surface area is 242 Å². The van der Waals surface area contributed by atoms with Crippen LogP contribution in [-0.4, -0.2) is 62.1 Å². The predicted molar refractivity (Wildman–Crippen MR) is 153 cm³/mol. The van der Waals surface area contributed by atoms with E-state index in [9.17, 15) is 19.1 Å². The lowest BCUT2D eigenvalue weighted by molar-refractivity contribution is -0.0592. The number of carbonyl (C=O) groups excluding carboxylic acids is 1. The molecular weight excluding hydrogens is 539 g/mol. The highest BCUT2D eigenvalue weighted by Crippen LogP contribution is 2.30. The van der Waals surface area contributed by atoms with E-state index >= 15 is 0 Å². The summed E-state index contributed by atoms with van der Waals surface area (Å²) in [4.78, 5) is 35.2. The zero-order chi connectivity index (χ0) is 29.2. The van der Waals surface area contributed by atoms with Crippen molar-refractivity contribution in [2.24, 2.45) is 0 Å². The Balaban J connectivity index is 1.10. The van der Waals surface area contributed by atoms with Crippen LogP contribution in [0.2, 0.25) is 0 Å². The summed E-state index contributed by atoms with van der Waals surface area (Å²) in [5, 5.41) is 9.50. The molecule has 4 heterocycles. The van der Waals surface area contributed by atoms with Gasteiger partial charge in [-0.15, -0.1) is 0 Å². The molecule has 9 nitrogen and oxygen atoms in total. The van der Waals surface area contributed by atoms with Gasteiger partial charge in [-0.3, -0.25) is 9.69 Å². The number of nitrogens with zero attached hydrogens (tertiary/aromatic N) is 4. The van der Waals surface area contributed by atoms with Crippen molar-refractivity contribution in [2.75, 3.05) is 19.7 Å². The number of ether oxygens (including phenoxy) is 2. The molecule has 0 aliphatic carbocycles. The minimum atomic E-state index is -0.953. The second-order valence-electron chi connectivity index (χ2n) is 11.0. The van der Waals surface area contributed by atoms with E-state index in [0.717, 1.165) is 61.5 Å². The number of Topliss-reactive ketones (excluding diaryl/α,β-unsaturated/α-hetero) is 1. The first kappa shape index (κ1) is 28.0. The summed E-state index contributed by atoms with van der Waals surface area (Å²) in [7, 11) is 0. The lowest BCUT2D eigenvalue weighted by Crippen LogP contribution is -2.35. The van der Waals surface area contributed by atoms with Gasteiger partial charge in [-0.05, 0) is 69.6 Å². The predicted octanol–water partition coefficient (Wildman–Crippen LogP) is 5.22. The van der Waals surface area contributed by atoms with E-state index in [1.807, 2.05) is 12.1 Å². The molecule has 6 rings (SSSR count).